The summed E-state index contributed by atoms with van der Waals surface area (Å²) >= 11 is 0. The van der Waals surface area contributed by atoms with Gasteiger partial charge >= 0.3 is 18.2 Å². The lowest BCUT2D eigenvalue weighted by atomic mass is 10.2. The third-order valence-corrected chi connectivity index (χ3v) is 3.35. The summed E-state index contributed by atoms with van der Waals surface area (Å²) in [6, 6.07) is 3.55. The summed E-state index contributed by atoms with van der Waals surface area (Å²) in [6.07, 6.45) is -1.77. The third-order valence-electron chi connectivity index (χ3n) is 3.35. The fourth-order valence-corrected chi connectivity index (χ4v) is 2.15. The van der Waals surface area contributed by atoms with Crippen molar-refractivity contribution in [2.75, 3.05) is 11.4 Å². The van der Waals surface area contributed by atoms with Gasteiger partial charge in [-0.15, -0.1) is 0 Å². The first-order valence-corrected chi connectivity index (χ1v) is 7.11. The van der Waals surface area contributed by atoms with Crippen LogP contribution in [0.1, 0.15) is 12.0 Å². The maximum Gasteiger partial charge on any atom is 0.416 e. The third kappa shape index (κ3) is 3.84. The monoisotopic (exact) mass is 352 g/mol. The Morgan fingerprint density at radius 3 is 2.52 bits per heavy atom. The quantitative estimate of drug-likeness (QED) is 0.918. The van der Waals surface area contributed by atoms with Gasteiger partial charge in [-0.2, -0.15) is 13.2 Å². The van der Waals surface area contributed by atoms with Gasteiger partial charge in [0.15, 0.2) is 0 Å². The topological polar surface area (TPSA) is 84.4 Å². The number of carbonyl (C=O) groups is 2. The van der Waals surface area contributed by atoms with Gasteiger partial charge < -0.3 is 4.74 Å². The predicted octanol–water partition coefficient (Wildman–Crippen LogP) is 2.73. The molecule has 1 saturated heterocycles. The molecule has 0 radical (unpaired) electrons. The van der Waals surface area contributed by atoms with Crippen LogP contribution in [0.2, 0.25) is 0 Å². The van der Waals surface area contributed by atoms with E-state index in [9.17, 15) is 22.8 Å². The maximum atomic E-state index is 12.7. The zero-order valence-corrected chi connectivity index (χ0v) is 12.6. The van der Waals surface area contributed by atoms with E-state index in [-0.39, 0.29) is 30.6 Å². The number of amides is 3. The second-order valence-electron chi connectivity index (χ2n) is 5.11. The van der Waals surface area contributed by atoms with Crippen LogP contribution >= 0.6 is 0 Å². The molecular formula is C15H11F3N4O3. The lowest BCUT2D eigenvalue weighted by molar-refractivity contribution is -0.137. The Morgan fingerprint density at radius 2 is 1.88 bits per heavy atom. The lowest BCUT2D eigenvalue weighted by Gasteiger charge is -2.25. The van der Waals surface area contributed by atoms with Crippen molar-refractivity contribution in [3.63, 3.8) is 0 Å². The minimum Gasteiger partial charge on any atom is -0.424 e. The summed E-state index contributed by atoms with van der Waals surface area (Å²) in [5, 5.41) is 2.16. The molecular weight excluding hydrogens is 341 g/mol. The average molecular weight is 352 g/mol. The summed E-state index contributed by atoms with van der Waals surface area (Å²) in [6.45, 7) is 0.182. The molecule has 2 heterocycles. The number of urea groups is 1. The minimum absolute atomic E-state index is 0.0658. The van der Waals surface area contributed by atoms with Crippen LogP contribution in [-0.4, -0.2) is 28.5 Å². The molecule has 2 aromatic rings. The molecule has 1 fully saturated rings. The zero-order chi connectivity index (χ0) is 18.0. The standard InChI is InChI=1S/C15H11F3N4O3/c16-15(17,18)9-2-1-3-11(6-9)25-13-19-7-10(8-20-13)22-5-4-12(23)21-14(22)24/h1-3,6-8H,4-5H2,(H,21,23,24). The number of imide groups is 1. The van der Waals surface area contributed by atoms with E-state index >= 15 is 0 Å². The van der Waals surface area contributed by atoms with Crippen LogP contribution in [0.3, 0.4) is 0 Å². The van der Waals surface area contributed by atoms with Crippen molar-refractivity contribution in [1.82, 2.24) is 15.3 Å². The number of halogens is 3. The molecule has 1 N–H and O–H groups in total. The molecule has 0 saturated carbocycles. The van der Waals surface area contributed by atoms with E-state index in [1.165, 1.54) is 29.4 Å². The number of nitrogens with zero attached hydrogens (tertiary/aromatic N) is 3. The van der Waals surface area contributed by atoms with Gasteiger partial charge in [-0.05, 0) is 18.2 Å². The van der Waals surface area contributed by atoms with E-state index < -0.39 is 17.8 Å². The number of hydrogen-bond acceptors (Lipinski definition) is 5. The zero-order valence-electron chi connectivity index (χ0n) is 12.6. The largest absolute Gasteiger partial charge is 0.424 e. The Labute approximate surface area is 139 Å². The molecule has 10 heteroatoms. The van der Waals surface area contributed by atoms with Gasteiger partial charge in [0.05, 0.1) is 23.6 Å². The Hall–Kier alpha value is -3.17. The fraction of sp³-hybridized carbons (Fsp3) is 0.200. The first kappa shape index (κ1) is 16.7. The van der Waals surface area contributed by atoms with E-state index in [0.29, 0.717) is 5.69 Å². The predicted molar refractivity (Wildman–Crippen MR) is 79.1 cm³/mol. The van der Waals surface area contributed by atoms with Crippen LogP contribution in [0.15, 0.2) is 36.7 Å². The highest BCUT2D eigenvalue weighted by molar-refractivity contribution is 6.05. The van der Waals surface area contributed by atoms with Crippen LogP contribution < -0.4 is 15.0 Å². The molecule has 1 aromatic heterocycles. The summed E-state index contributed by atoms with van der Waals surface area (Å²) in [4.78, 5) is 31.8. The molecule has 1 aliphatic rings. The second-order valence-corrected chi connectivity index (χ2v) is 5.11. The van der Waals surface area contributed by atoms with Crippen molar-refractivity contribution in [1.29, 1.82) is 0 Å². The number of alkyl halides is 3. The SMILES string of the molecule is O=C1CCN(c2cnc(Oc3cccc(C(F)(F)F)c3)nc2)C(=O)N1. The summed E-state index contributed by atoms with van der Waals surface area (Å²) in [5.74, 6) is -0.435. The number of hydrogen-bond donors (Lipinski definition) is 1. The first-order chi connectivity index (χ1) is 11.8. The van der Waals surface area contributed by atoms with Crippen molar-refractivity contribution >= 4 is 17.6 Å². The van der Waals surface area contributed by atoms with Crippen molar-refractivity contribution in [3.05, 3.63) is 42.2 Å². The number of benzene rings is 1. The maximum absolute atomic E-state index is 12.7. The molecule has 1 aliphatic heterocycles. The summed E-state index contributed by atoms with van der Waals surface area (Å²) in [7, 11) is 0. The van der Waals surface area contributed by atoms with Gasteiger partial charge in [-0.25, -0.2) is 14.8 Å². The van der Waals surface area contributed by atoms with Crippen LogP contribution in [-0.2, 0) is 11.0 Å². The smallest absolute Gasteiger partial charge is 0.416 e. The molecule has 0 bridgehead atoms. The van der Waals surface area contributed by atoms with E-state index in [4.69, 9.17) is 4.74 Å². The van der Waals surface area contributed by atoms with Crippen molar-refractivity contribution in [2.45, 2.75) is 12.6 Å². The molecule has 3 rings (SSSR count). The minimum atomic E-state index is -4.48. The van der Waals surface area contributed by atoms with Crippen LogP contribution in [0, 0.1) is 0 Å². The van der Waals surface area contributed by atoms with Crippen LogP contribution in [0.25, 0.3) is 0 Å². The number of anilines is 1. The number of ether oxygens (including phenoxy) is 1. The van der Waals surface area contributed by atoms with Crippen LogP contribution in [0.5, 0.6) is 11.8 Å². The highest BCUT2D eigenvalue weighted by Gasteiger charge is 2.30. The number of nitrogens with one attached hydrogen (secondary N) is 1. The Balaban J connectivity index is 1.73. The normalized spacial score (nSPS) is 15.1. The number of aromatic nitrogens is 2. The van der Waals surface area contributed by atoms with Gasteiger partial charge in [0, 0.05) is 13.0 Å². The average Bonchev–Trinajstić information content (AvgIpc) is 2.55. The van der Waals surface area contributed by atoms with Gasteiger partial charge in [-0.1, -0.05) is 6.07 Å². The molecule has 0 aliphatic carbocycles. The van der Waals surface area contributed by atoms with E-state index in [2.05, 4.69) is 15.3 Å². The van der Waals surface area contributed by atoms with E-state index in [1.807, 2.05) is 0 Å². The molecule has 0 unspecified atom stereocenters. The van der Waals surface area contributed by atoms with E-state index in [0.717, 1.165) is 12.1 Å². The van der Waals surface area contributed by atoms with Crippen molar-refractivity contribution in [2.24, 2.45) is 0 Å². The molecule has 3 amide bonds. The van der Waals surface area contributed by atoms with Crippen LogP contribution in [0.4, 0.5) is 23.7 Å². The first-order valence-electron chi connectivity index (χ1n) is 7.11. The second kappa shape index (κ2) is 6.38. The van der Waals surface area contributed by atoms with Gasteiger partial charge in [0.1, 0.15) is 5.75 Å². The highest BCUT2D eigenvalue weighted by atomic mass is 19.4. The number of rotatable bonds is 3. The molecule has 0 atom stereocenters. The van der Waals surface area contributed by atoms with Crippen molar-refractivity contribution < 1.29 is 27.5 Å². The summed E-state index contributed by atoms with van der Waals surface area (Å²) in [5.41, 5.74) is -0.516. The lowest BCUT2D eigenvalue weighted by Crippen LogP contribution is -2.49. The Bertz CT molecular complexity index is 808. The van der Waals surface area contributed by atoms with Gasteiger partial charge in [0.2, 0.25) is 5.91 Å². The molecule has 130 valence electrons. The molecule has 0 spiro atoms. The Morgan fingerprint density at radius 1 is 1.16 bits per heavy atom. The highest BCUT2D eigenvalue weighted by Crippen LogP contribution is 2.32. The molecule has 1 aromatic carbocycles. The Kier molecular flexibility index (Phi) is 4.26. The van der Waals surface area contributed by atoms with Gasteiger partial charge in [0.25, 0.3) is 0 Å². The van der Waals surface area contributed by atoms with E-state index in [1.54, 1.807) is 0 Å². The molecule has 25 heavy (non-hydrogen) atoms. The van der Waals surface area contributed by atoms with Crippen molar-refractivity contribution in [3.8, 4) is 11.8 Å². The molecule has 7 nitrogen and oxygen atoms in total. The van der Waals surface area contributed by atoms with Gasteiger partial charge in [-0.3, -0.25) is 15.0 Å². The summed E-state index contributed by atoms with van der Waals surface area (Å²) < 4.78 is 43.2. The fourth-order valence-electron chi connectivity index (χ4n) is 2.15. The number of carbonyl (C=O) groups excluding carboxylic acids is 2.